The number of methoxy groups -OCH3 is 3. The van der Waals surface area contributed by atoms with E-state index in [1.54, 1.807) is 36.4 Å². The molecule has 0 saturated heterocycles. The molecular formula is C24H20ClNO6S. The summed E-state index contributed by atoms with van der Waals surface area (Å²) < 4.78 is 46.3. The smallest absolute Gasteiger partial charge is 0.339 e. The number of nitriles is 1. The zero-order valence-corrected chi connectivity index (χ0v) is 19.6. The molecule has 0 bridgehead atoms. The lowest BCUT2D eigenvalue weighted by Crippen LogP contribution is -2.10. The van der Waals surface area contributed by atoms with Crippen LogP contribution in [0.15, 0.2) is 65.6 Å². The average Bonchev–Trinajstić information content (AvgIpc) is 2.82. The van der Waals surface area contributed by atoms with E-state index < -0.39 is 10.1 Å². The van der Waals surface area contributed by atoms with Crippen molar-refractivity contribution in [3.63, 3.8) is 0 Å². The Bertz CT molecular complexity index is 1330. The molecule has 170 valence electrons. The molecule has 0 heterocycles. The Hall–Kier alpha value is -3.67. The second-order valence-corrected chi connectivity index (χ2v) is 8.62. The minimum absolute atomic E-state index is 0.00854. The largest absolute Gasteiger partial charge is 0.493 e. The lowest BCUT2D eigenvalue weighted by Gasteiger charge is -2.12. The molecule has 0 fully saturated rings. The van der Waals surface area contributed by atoms with Crippen LogP contribution in [0.5, 0.6) is 23.0 Å². The van der Waals surface area contributed by atoms with Crippen LogP contribution in [-0.2, 0) is 10.1 Å². The summed E-state index contributed by atoms with van der Waals surface area (Å²) >= 11 is 5.82. The molecular weight excluding hydrogens is 466 g/mol. The van der Waals surface area contributed by atoms with Crippen LogP contribution in [0.3, 0.4) is 0 Å². The molecule has 0 radical (unpaired) electrons. The first-order valence-corrected chi connectivity index (χ1v) is 11.3. The molecule has 0 atom stereocenters. The van der Waals surface area contributed by atoms with Crippen molar-refractivity contribution in [2.45, 2.75) is 4.90 Å². The third-order valence-corrected chi connectivity index (χ3v) is 6.12. The highest BCUT2D eigenvalue weighted by atomic mass is 35.5. The quantitative estimate of drug-likeness (QED) is 0.246. The highest BCUT2D eigenvalue weighted by Crippen LogP contribution is 2.34. The van der Waals surface area contributed by atoms with Gasteiger partial charge in [-0.05, 0) is 71.8 Å². The van der Waals surface area contributed by atoms with E-state index in [0.29, 0.717) is 33.2 Å². The van der Waals surface area contributed by atoms with E-state index in [2.05, 4.69) is 6.07 Å². The molecule has 9 heteroatoms. The number of allylic oxidation sites excluding steroid dienone is 1. The summed E-state index contributed by atoms with van der Waals surface area (Å²) in [5, 5.41) is 10.1. The van der Waals surface area contributed by atoms with Gasteiger partial charge in [0.15, 0.2) is 23.0 Å². The monoisotopic (exact) mass is 485 g/mol. The molecule has 0 aliphatic carbocycles. The Labute approximate surface area is 197 Å². The normalized spacial score (nSPS) is 11.4. The van der Waals surface area contributed by atoms with Crippen molar-refractivity contribution >= 4 is 33.4 Å². The predicted octanol–water partition coefficient (Wildman–Crippen LogP) is 5.20. The van der Waals surface area contributed by atoms with Gasteiger partial charge in [0.1, 0.15) is 4.90 Å². The van der Waals surface area contributed by atoms with Crippen LogP contribution in [0.25, 0.3) is 11.6 Å². The van der Waals surface area contributed by atoms with Crippen molar-refractivity contribution in [2.24, 2.45) is 0 Å². The van der Waals surface area contributed by atoms with Gasteiger partial charge in [0.2, 0.25) is 0 Å². The third kappa shape index (κ3) is 5.58. The minimum Gasteiger partial charge on any atom is -0.493 e. The lowest BCUT2D eigenvalue weighted by atomic mass is 10.0. The SMILES string of the molecule is COc1ccc(/C(C#N)=C/c2ccc(OS(=O)(=O)c3ccc(Cl)cc3)c(OC)c2)cc1OC. The predicted molar refractivity (Wildman–Crippen MR) is 125 cm³/mol. The van der Waals surface area contributed by atoms with Crippen molar-refractivity contribution in [3.8, 4) is 29.1 Å². The Morgan fingerprint density at radius 2 is 1.45 bits per heavy atom. The van der Waals surface area contributed by atoms with Crippen LogP contribution in [-0.4, -0.2) is 29.7 Å². The molecule has 0 saturated carbocycles. The number of nitrogens with zero attached hydrogens (tertiary/aromatic N) is 1. The summed E-state index contributed by atoms with van der Waals surface area (Å²) in [6.45, 7) is 0. The molecule has 0 aliphatic rings. The maximum Gasteiger partial charge on any atom is 0.339 e. The van der Waals surface area contributed by atoms with Crippen molar-refractivity contribution in [1.82, 2.24) is 0 Å². The number of rotatable bonds is 8. The van der Waals surface area contributed by atoms with E-state index in [0.717, 1.165) is 0 Å². The van der Waals surface area contributed by atoms with Gasteiger partial charge in [-0.25, -0.2) is 0 Å². The maximum absolute atomic E-state index is 12.6. The van der Waals surface area contributed by atoms with Gasteiger partial charge >= 0.3 is 10.1 Å². The number of benzene rings is 3. The molecule has 0 N–H and O–H groups in total. The zero-order valence-electron chi connectivity index (χ0n) is 18.0. The standard InChI is InChI=1S/C24H20ClNO6S/c1-29-21-11-5-17(14-24(21)31-3)18(15-26)12-16-4-10-22(23(13-16)30-2)32-33(27,28)20-8-6-19(25)7-9-20/h4-14H,1-3H3/b18-12+. The first-order chi connectivity index (χ1) is 15.8. The summed E-state index contributed by atoms with van der Waals surface area (Å²) in [5.74, 6) is 1.23. The molecule has 0 aromatic heterocycles. The first-order valence-electron chi connectivity index (χ1n) is 9.53. The van der Waals surface area contributed by atoms with E-state index in [4.69, 9.17) is 30.0 Å². The van der Waals surface area contributed by atoms with E-state index in [1.165, 1.54) is 51.7 Å². The summed E-state index contributed by atoms with van der Waals surface area (Å²) in [5.41, 5.74) is 1.59. The van der Waals surface area contributed by atoms with E-state index >= 15 is 0 Å². The second-order valence-electron chi connectivity index (χ2n) is 6.64. The molecule has 7 nitrogen and oxygen atoms in total. The number of hydrogen-bond acceptors (Lipinski definition) is 7. The molecule has 3 aromatic carbocycles. The fourth-order valence-electron chi connectivity index (χ4n) is 2.96. The molecule has 3 rings (SSSR count). The Balaban J connectivity index is 1.93. The highest BCUT2D eigenvalue weighted by molar-refractivity contribution is 7.87. The van der Waals surface area contributed by atoms with Gasteiger partial charge in [0, 0.05) is 5.02 Å². The van der Waals surface area contributed by atoms with Crippen molar-refractivity contribution in [3.05, 3.63) is 76.8 Å². The molecule has 0 spiro atoms. The lowest BCUT2D eigenvalue weighted by molar-refractivity contribution is 0.355. The van der Waals surface area contributed by atoms with Gasteiger partial charge in [-0.2, -0.15) is 13.7 Å². The summed E-state index contributed by atoms with van der Waals surface area (Å²) in [6.07, 6.45) is 1.64. The number of hydrogen-bond donors (Lipinski definition) is 0. The van der Waals surface area contributed by atoms with Gasteiger partial charge in [0.25, 0.3) is 0 Å². The molecule has 0 unspecified atom stereocenters. The highest BCUT2D eigenvalue weighted by Gasteiger charge is 2.19. The van der Waals surface area contributed by atoms with Gasteiger partial charge in [-0.15, -0.1) is 0 Å². The van der Waals surface area contributed by atoms with Crippen molar-refractivity contribution in [1.29, 1.82) is 5.26 Å². The Morgan fingerprint density at radius 3 is 2.06 bits per heavy atom. The van der Waals surface area contributed by atoms with Crippen molar-refractivity contribution < 1.29 is 26.8 Å². The summed E-state index contributed by atoms with van der Waals surface area (Å²) in [6, 6.07) is 17.6. The third-order valence-electron chi connectivity index (χ3n) is 4.62. The van der Waals surface area contributed by atoms with E-state index in [1.807, 2.05) is 0 Å². The summed E-state index contributed by atoms with van der Waals surface area (Å²) in [4.78, 5) is -0.0434. The van der Waals surface area contributed by atoms with E-state index in [-0.39, 0.29) is 16.4 Å². The van der Waals surface area contributed by atoms with Crippen LogP contribution in [0.1, 0.15) is 11.1 Å². The Morgan fingerprint density at radius 1 is 0.848 bits per heavy atom. The number of ether oxygens (including phenoxy) is 3. The topological polar surface area (TPSA) is 94.9 Å². The number of halogens is 1. The zero-order chi connectivity index (χ0) is 24.0. The van der Waals surface area contributed by atoms with Gasteiger partial charge in [0.05, 0.1) is 33.0 Å². The van der Waals surface area contributed by atoms with Gasteiger partial charge < -0.3 is 18.4 Å². The van der Waals surface area contributed by atoms with Gasteiger partial charge in [-0.1, -0.05) is 17.7 Å². The average molecular weight is 486 g/mol. The first kappa shape index (κ1) is 24.0. The minimum atomic E-state index is -4.09. The maximum atomic E-state index is 12.6. The second kappa shape index (κ2) is 10.3. The van der Waals surface area contributed by atoms with Crippen LogP contribution in [0.2, 0.25) is 5.02 Å². The molecule has 0 amide bonds. The Kier molecular flexibility index (Phi) is 7.48. The van der Waals surface area contributed by atoms with Crippen molar-refractivity contribution in [2.75, 3.05) is 21.3 Å². The summed E-state index contributed by atoms with van der Waals surface area (Å²) in [7, 11) is 0.343. The van der Waals surface area contributed by atoms with Gasteiger partial charge in [-0.3, -0.25) is 0 Å². The molecule has 3 aromatic rings. The van der Waals surface area contributed by atoms with Crippen LogP contribution in [0.4, 0.5) is 0 Å². The van der Waals surface area contributed by atoms with Crippen LogP contribution >= 0.6 is 11.6 Å². The fourth-order valence-corrected chi connectivity index (χ4v) is 4.03. The van der Waals surface area contributed by atoms with Crippen LogP contribution in [0, 0.1) is 11.3 Å². The van der Waals surface area contributed by atoms with Crippen LogP contribution < -0.4 is 18.4 Å². The molecule has 33 heavy (non-hydrogen) atoms. The fraction of sp³-hybridized carbons (Fsp3) is 0.125. The van der Waals surface area contributed by atoms with E-state index in [9.17, 15) is 13.7 Å². The molecule has 0 aliphatic heterocycles.